The van der Waals surface area contributed by atoms with Crippen molar-refractivity contribution in [1.82, 2.24) is 14.8 Å². The van der Waals surface area contributed by atoms with Gasteiger partial charge in [0.25, 0.3) is 5.91 Å². The molecule has 2 aliphatic rings. The standard InChI is InChI=1S/C32H35BF2N4O3/c1-2-7-28(40)8-4-3-5-20-37-32(41)23-42-29-17-11-24(12-18-29)10-13-25-14-15-26-22-27-16-19-31(30-9-6-21-36-30)39(27)33(34,35)38(25)26/h6,9-19,21-22,36H,2-5,7-8,20,23H2,1H3,(H,37,41)/b13-10-. The lowest BCUT2D eigenvalue weighted by atomic mass is 9.90. The van der Waals surface area contributed by atoms with Crippen molar-refractivity contribution in [3.8, 4) is 5.75 Å². The highest BCUT2D eigenvalue weighted by atomic mass is 19.2. The third-order valence-electron chi connectivity index (χ3n) is 7.40. The summed E-state index contributed by atoms with van der Waals surface area (Å²) in [7, 11) is 0. The molecule has 2 N–H and O–H groups in total. The van der Waals surface area contributed by atoms with Crippen LogP contribution in [0, 0.1) is 0 Å². The molecular formula is C32H35BF2N4O3. The highest BCUT2D eigenvalue weighted by molar-refractivity contribution is 6.58. The number of hydrogen-bond donors (Lipinski definition) is 2. The maximum Gasteiger partial charge on any atom is 0.737 e. The van der Waals surface area contributed by atoms with Crippen LogP contribution in [0.4, 0.5) is 8.63 Å². The average Bonchev–Trinajstić information content (AvgIpc) is 3.74. The van der Waals surface area contributed by atoms with Gasteiger partial charge in [-0.2, -0.15) is 0 Å². The van der Waals surface area contributed by atoms with Crippen LogP contribution in [0.5, 0.6) is 5.75 Å². The number of ether oxygens (including phenoxy) is 1. The normalized spacial score (nSPS) is 15.1. The Morgan fingerprint density at radius 1 is 1.02 bits per heavy atom. The third kappa shape index (κ3) is 6.53. The summed E-state index contributed by atoms with van der Waals surface area (Å²) < 4.78 is 39.7. The first-order chi connectivity index (χ1) is 20.4. The molecule has 0 bridgehead atoms. The van der Waals surface area contributed by atoms with Gasteiger partial charge in [0.15, 0.2) is 18.0 Å². The molecule has 0 spiro atoms. The molecule has 2 aromatic heterocycles. The van der Waals surface area contributed by atoms with Gasteiger partial charge in [0.1, 0.15) is 17.2 Å². The molecule has 0 fully saturated rings. The largest absolute Gasteiger partial charge is 0.737 e. The molecule has 7 nitrogen and oxygen atoms in total. The molecule has 10 heteroatoms. The SMILES string of the molecule is CCCC(=O)CCCCCNC(=O)COc1ccc(/C=C\c2ccc3n2[B-](F)(F)[N+]2=C(c4ccc[nH]4)C=CC2=C3)cc1. The Hall–Kier alpha value is -4.47. The zero-order chi connectivity index (χ0) is 29.5. The molecule has 218 valence electrons. The number of halogens is 2. The Bertz CT molecular complexity index is 1550. The van der Waals surface area contributed by atoms with Crippen molar-refractivity contribution in [1.29, 1.82) is 0 Å². The van der Waals surface area contributed by atoms with Crippen LogP contribution in [0.3, 0.4) is 0 Å². The Morgan fingerprint density at radius 3 is 2.62 bits per heavy atom. The van der Waals surface area contributed by atoms with E-state index < -0.39 is 6.97 Å². The van der Waals surface area contributed by atoms with E-state index in [1.54, 1.807) is 73.0 Å². The Morgan fingerprint density at radius 2 is 1.86 bits per heavy atom. The van der Waals surface area contributed by atoms with Crippen molar-refractivity contribution in [2.75, 3.05) is 13.2 Å². The van der Waals surface area contributed by atoms with Gasteiger partial charge in [-0.3, -0.25) is 9.59 Å². The van der Waals surface area contributed by atoms with E-state index in [2.05, 4.69) is 10.3 Å². The number of ketones is 1. The van der Waals surface area contributed by atoms with Crippen molar-refractivity contribution in [3.63, 3.8) is 0 Å². The number of carbonyl (C=O) groups excluding carboxylic acids is 2. The fourth-order valence-corrected chi connectivity index (χ4v) is 5.31. The fourth-order valence-electron chi connectivity index (χ4n) is 5.31. The molecule has 4 heterocycles. The summed E-state index contributed by atoms with van der Waals surface area (Å²) in [4.78, 5) is 26.7. The number of benzene rings is 1. The zero-order valence-electron chi connectivity index (χ0n) is 23.7. The molecule has 0 saturated heterocycles. The maximum absolute atomic E-state index is 15.9. The van der Waals surface area contributed by atoms with Crippen LogP contribution in [0.2, 0.25) is 0 Å². The minimum Gasteiger partial charge on any atom is -0.484 e. The molecular weight excluding hydrogens is 537 g/mol. The highest BCUT2D eigenvalue weighted by Crippen LogP contribution is 2.34. The van der Waals surface area contributed by atoms with Gasteiger partial charge >= 0.3 is 6.97 Å². The van der Waals surface area contributed by atoms with Crippen LogP contribution in [-0.2, 0) is 9.59 Å². The first kappa shape index (κ1) is 29.0. The lowest BCUT2D eigenvalue weighted by Gasteiger charge is -2.30. The number of Topliss-reactive ketones (excluding diaryl/α,β-unsaturated/α-hetero) is 1. The van der Waals surface area contributed by atoms with Crippen LogP contribution in [0.15, 0.2) is 72.6 Å². The summed E-state index contributed by atoms with van der Waals surface area (Å²) in [6, 6.07) is 14.1. The predicted octanol–water partition coefficient (Wildman–Crippen LogP) is 6.06. The van der Waals surface area contributed by atoms with Gasteiger partial charge in [0.2, 0.25) is 0 Å². The molecule has 5 rings (SSSR count). The van der Waals surface area contributed by atoms with Crippen LogP contribution in [0.25, 0.3) is 18.2 Å². The quantitative estimate of drug-likeness (QED) is 0.182. The van der Waals surface area contributed by atoms with Crippen LogP contribution < -0.4 is 10.1 Å². The van der Waals surface area contributed by atoms with Crippen molar-refractivity contribution in [3.05, 3.63) is 95.2 Å². The number of aromatic nitrogens is 2. The fraction of sp³-hybridized carbons (Fsp3) is 0.281. The van der Waals surface area contributed by atoms with Crippen molar-refractivity contribution < 1.29 is 27.4 Å². The van der Waals surface area contributed by atoms with E-state index >= 15 is 8.63 Å². The zero-order valence-corrected chi connectivity index (χ0v) is 23.7. The molecule has 0 radical (unpaired) electrons. The van der Waals surface area contributed by atoms with E-state index in [1.807, 2.05) is 19.1 Å². The minimum absolute atomic E-state index is 0.0972. The lowest BCUT2D eigenvalue weighted by molar-refractivity contribution is -0.360. The molecule has 0 atom stereocenters. The number of H-pyrrole nitrogens is 1. The second-order valence-electron chi connectivity index (χ2n) is 10.5. The third-order valence-corrected chi connectivity index (χ3v) is 7.40. The summed E-state index contributed by atoms with van der Waals surface area (Å²) in [5.74, 6) is 0.640. The monoisotopic (exact) mass is 572 g/mol. The Labute approximate surface area is 244 Å². The topological polar surface area (TPSA) is 79.1 Å². The van der Waals surface area contributed by atoms with Gasteiger partial charge in [-0.05, 0) is 67.3 Å². The Balaban J connectivity index is 1.14. The number of unbranched alkanes of at least 4 members (excludes halogenated alkanes) is 2. The summed E-state index contributed by atoms with van der Waals surface area (Å²) >= 11 is 0. The van der Waals surface area contributed by atoms with E-state index in [4.69, 9.17) is 4.74 Å². The smallest absolute Gasteiger partial charge is 0.484 e. The molecule has 1 aromatic carbocycles. The van der Waals surface area contributed by atoms with E-state index in [-0.39, 0.29) is 12.5 Å². The number of rotatable bonds is 14. The van der Waals surface area contributed by atoms with Crippen molar-refractivity contribution >= 4 is 42.6 Å². The number of fused-ring (bicyclic) bond motifs is 2. The first-order valence-corrected chi connectivity index (χ1v) is 14.5. The highest BCUT2D eigenvalue weighted by Gasteiger charge is 2.52. The lowest BCUT2D eigenvalue weighted by Crippen LogP contribution is -2.50. The first-order valence-electron chi connectivity index (χ1n) is 14.5. The van der Waals surface area contributed by atoms with E-state index in [0.29, 0.717) is 59.4 Å². The second-order valence-corrected chi connectivity index (χ2v) is 10.5. The molecule has 0 aliphatic carbocycles. The number of allylic oxidation sites excluding steroid dienone is 2. The predicted molar refractivity (Wildman–Crippen MR) is 162 cm³/mol. The minimum atomic E-state index is -4.12. The summed E-state index contributed by atoms with van der Waals surface area (Å²) in [6.45, 7) is -1.66. The molecule has 0 saturated carbocycles. The van der Waals surface area contributed by atoms with Gasteiger partial charge in [-0.25, -0.2) is 0 Å². The van der Waals surface area contributed by atoms with Crippen molar-refractivity contribution in [2.45, 2.75) is 45.4 Å². The number of hydrogen-bond acceptors (Lipinski definition) is 3. The summed E-state index contributed by atoms with van der Waals surface area (Å²) in [5.41, 5.74) is 3.19. The van der Waals surface area contributed by atoms with Gasteiger partial charge in [-0.1, -0.05) is 31.6 Å². The maximum atomic E-state index is 15.9. The van der Waals surface area contributed by atoms with Crippen LogP contribution >= 0.6 is 0 Å². The summed E-state index contributed by atoms with van der Waals surface area (Å²) in [6.07, 6.45) is 15.1. The molecule has 2 aliphatic heterocycles. The van der Waals surface area contributed by atoms with Crippen LogP contribution in [0.1, 0.15) is 68.1 Å². The molecule has 0 unspecified atom stereocenters. The number of nitrogens with zero attached hydrogens (tertiary/aromatic N) is 2. The van der Waals surface area contributed by atoms with Gasteiger partial charge in [0.05, 0.1) is 0 Å². The van der Waals surface area contributed by atoms with Gasteiger partial charge < -0.3 is 32.6 Å². The molecule has 1 amide bonds. The van der Waals surface area contributed by atoms with Gasteiger partial charge in [-0.15, -0.1) is 0 Å². The van der Waals surface area contributed by atoms with E-state index in [9.17, 15) is 9.59 Å². The van der Waals surface area contributed by atoms with Crippen molar-refractivity contribution in [2.24, 2.45) is 0 Å². The molecule has 42 heavy (non-hydrogen) atoms. The number of carbonyl (C=O) groups is 2. The Kier molecular flexibility index (Phi) is 9.00. The second kappa shape index (κ2) is 13.0. The molecule has 3 aromatic rings. The average molecular weight is 572 g/mol. The van der Waals surface area contributed by atoms with Crippen LogP contribution in [-0.4, -0.2) is 51.5 Å². The van der Waals surface area contributed by atoms with E-state index in [0.717, 1.165) is 40.2 Å². The number of nitrogens with one attached hydrogen (secondary N) is 2. The van der Waals surface area contributed by atoms with Gasteiger partial charge in [0, 0.05) is 55.2 Å². The number of aromatic amines is 1. The van der Waals surface area contributed by atoms with E-state index in [1.165, 1.54) is 0 Å². The summed E-state index contributed by atoms with van der Waals surface area (Å²) in [5, 5.41) is 2.83. The number of amides is 1.